The number of rotatable bonds is 6. The second-order valence-electron chi connectivity index (χ2n) is 2.97. The van der Waals surface area contributed by atoms with Gasteiger partial charge in [0.2, 0.25) is 0 Å². The molecular formula is C10H15ClN2S. The highest BCUT2D eigenvalue weighted by molar-refractivity contribution is 7.98. The molecular weight excluding hydrogens is 216 g/mol. The maximum atomic E-state index is 5.89. The maximum absolute atomic E-state index is 5.89. The Morgan fingerprint density at radius 1 is 1.50 bits per heavy atom. The van der Waals surface area contributed by atoms with Gasteiger partial charge in [-0.15, -0.1) is 0 Å². The third-order valence-corrected chi connectivity index (χ3v) is 2.85. The molecule has 1 rings (SSSR count). The summed E-state index contributed by atoms with van der Waals surface area (Å²) in [6, 6.07) is 3.83. The molecule has 4 heteroatoms. The highest BCUT2D eigenvalue weighted by Crippen LogP contribution is 2.17. The topological polar surface area (TPSA) is 24.9 Å². The Hall–Kier alpha value is -0.410. The smallest absolute Gasteiger partial charge is 0.152 e. The summed E-state index contributed by atoms with van der Waals surface area (Å²) >= 11 is 7.77. The summed E-state index contributed by atoms with van der Waals surface area (Å²) in [6.07, 6.45) is 6.24. The fraction of sp³-hybridized carbons (Fsp3) is 0.500. The molecule has 2 nitrogen and oxygen atoms in total. The molecule has 1 aromatic rings. The van der Waals surface area contributed by atoms with Crippen LogP contribution in [0.3, 0.4) is 0 Å². The van der Waals surface area contributed by atoms with Gasteiger partial charge >= 0.3 is 0 Å². The van der Waals surface area contributed by atoms with Crippen LogP contribution in [-0.2, 0) is 0 Å². The standard InChI is InChI=1S/C10H15ClN2S/c1-14-8-3-2-6-12-9-5-4-7-13-10(9)11/h4-5,7,12H,2-3,6,8H2,1H3. The molecule has 1 heterocycles. The number of anilines is 1. The summed E-state index contributed by atoms with van der Waals surface area (Å²) in [6.45, 7) is 0.964. The molecule has 0 aliphatic carbocycles. The first-order chi connectivity index (χ1) is 6.84. The summed E-state index contributed by atoms with van der Waals surface area (Å²) in [5.41, 5.74) is 0.929. The van der Waals surface area contributed by atoms with Crippen molar-refractivity contribution in [2.24, 2.45) is 0 Å². The lowest BCUT2D eigenvalue weighted by molar-refractivity contribution is 0.843. The summed E-state index contributed by atoms with van der Waals surface area (Å²) in [5, 5.41) is 3.82. The van der Waals surface area contributed by atoms with E-state index in [1.165, 1.54) is 18.6 Å². The van der Waals surface area contributed by atoms with E-state index in [0.717, 1.165) is 12.2 Å². The number of unbranched alkanes of at least 4 members (excludes halogenated alkanes) is 1. The van der Waals surface area contributed by atoms with E-state index in [4.69, 9.17) is 11.6 Å². The Balaban J connectivity index is 2.21. The lowest BCUT2D eigenvalue weighted by Crippen LogP contribution is -2.02. The summed E-state index contributed by atoms with van der Waals surface area (Å²) < 4.78 is 0. The zero-order chi connectivity index (χ0) is 10.2. The molecule has 0 spiro atoms. The molecule has 0 aromatic carbocycles. The fourth-order valence-electron chi connectivity index (χ4n) is 1.11. The van der Waals surface area contributed by atoms with Crippen LogP contribution in [0.2, 0.25) is 5.15 Å². The van der Waals surface area contributed by atoms with Gasteiger partial charge in [0.1, 0.15) is 0 Å². The van der Waals surface area contributed by atoms with Crippen LogP contribution in [0.5, 0.6) is 0 Å². The van der Waals surface area contributed by atoms with Crippen molar-refractivity contribution >= 4 is 29.1 Å². The number of aromatic nitrogens is 1. The molecule has 0 bridgehead atoms. The van der Waals surface area contributed by atoms with Crippen LogP contribution in [0.1, 0.15) is 12.8 Å². The minimum Gasteiger partial charge on any atom is -0.383 e. The zero-order valence-electron chi connectivity index (χ0n) is 8.29. The van der Waals surface area contributed by atoms with Gasteiger partial charge in [-0.3, -0.25) is 0 Å². The molecule has 0 aliphatic heterocycles. The fourth-order valence-corrected chi connectivity index (χ4v) is 1.79. The number of hydrogen-bond acceptors (Lipinski definition) is 3. The van der Waals surface area contributed by atoms with E-state index in [0.29, 0.717) is 5.15 Å². The molecule has 78 valence electrons. The van der Waals surface area contributed by atoms with Crippen molar-refractivity contribution in [2.45, 2.75) is 12.8 Å². The van der Waals surface area contributed by atoms with Gasteiger partial charge in [0, 0.05) is 12.7 Å². The second kappa shape index (κ2) is 6.96. The van der Waals surface area contributed by atoms with Gasteiger partial charge in [-0.25, -0.2) is 4.98 Å². The SMILES string of the molecule is CSCCCCNc1cccnc1Cl. The van der Waals surface area contributed by atoms with Gasteiger partial charge in [0.05, 0.1) is 5.69 Å². The van der Waals surface area contributed by atoms with E-state index in [1.54, 1.807) is 6.20 Å². The van der Waals surface area contributed by atoms with Crippen LogP contribution in [0.4, 0.5) is 5.69 Å². The van der Waals surface area contributed by atoms with Crippen molar-refractivity contribution in [1.82, 2.24) is 4.98 Å². The predicted octanol–water partition coefficient (Wildman–Crippen LogP) is 3.29. The van der Waals surface area contributed by atoms with Crippen LogP contribution in [0.25, 0.3) is 0 Å². The van der Waals surface area contributed by atoms with E-state index in [2.05, 4.69) is 16.6 Å². The first kappa shape index (κ1) is 11.7. The Morgan fingerprint density at radius 2 is 2.36 bits per heavy atom. The second-order valence-corrected chi connectivity index (χ2v) is 4.31. The first-order valence-corrected chi connectivity index (χ1v) is 6.45. The number of nitrogens with one attached hydrogen (secondary N) is 1. The van der Waals surface area contributed by atoms with Crippen molar-refractivity contribution in [2.75, 3.05) is 23.9 Å². The van der Waals surface area contributed by atoms with Gasteiger partial charge in [-0.2, -0.15) is 11.8 Å². The lowest BCUT2D eigenvalue weighted by atomic mass is 10.3. The molecule has 0 radical (unpaired) electrons. The van der Waals surface area contributed by atoms with Gasteiger partial charge < -0.3 is 5.32 Å². The quantitative estimate of drug-likeness (QED) is 0.600. The molecule has 0 aliphatic rings. The Kier molecular flexibility index (Phi) is 5.80. The highest BCUT2D eigenvalue weighted by Gasteiger charge is 1.97. The Bertz CT molecular complexity index is 268. The number of nitrogens with zero attached hydrogens (tertiary/aromatic N) is 1. The number of halogens is 1. The van der Waals surface area contributed by atoms with Gasteiger partial charge in [-0.1, -0.05) is 11.6 Å². The van der Waals surface area contributed by atoms with Crippen molar-refractivity contribution in [3.05, 3.63) is 23.5 Å². The first-order valence-electron chi connectivity index (χ1n) is 4.68. The predicted molar refractivity (Wildman–Crippen MR) is 65.4 cm³/mol. The molecule has 0 fully saturated rings. The molecule has 0 unspecified atom stereocenters. The van der Waals surface area contributed by atoms with Crippen LogP contribution in [0, 0.1) is 0 Å². The molecule has 0 atom stereocenters. The molecule has 0 amide bonds. The van der Waals surface area contributed by atoms with Crippen molar-refractivity contribution in [3.63, 3.8) is 0 Å². The van der Waals surface area contributed by atoms with Crippen LogP contribution in [-0.4, -0.2) is 23.5 Å². The molecule has 0 saturated carbocycles. The largest absolute Gasteiger partial charge is 0.383 e. The third kappa shape index (κ3) is 4.20. The average molecular weight is 231 g/mol. The maximum Gasteiger partial charge on any atom is 0.152 e. The van der Waals surface area contributed by atoms with Crippen LogP contribution in [0.15, 0.2) is 18.3 Å². The summed E-state index contributed by atoms with van der Waals surface area (Å²) in [5.74, 6) is 1.22. The average Bonchev–Trinajstić information content (AvgIpc) is 2.20. The highest BCUT2D eigenvalue weighted by atomic mass is 35.5. The number of thioether (sulfide) groups is 1. The van der Waals surface area contributed by atoms with Crippen molar-refractivity contribution in [3.8, 4) is 0 Å². The van der Waals surface area contributed by atoms with E-state index < -0.39 is 0 Å². The number of hydrogen-bond donors (Lipinski definition) is 1. The Labute approximate surface area is 94.5 Å². The molecule has 1 aromatic heterocycles. The third-order valence-electron chi connectivity index (χ3n) is 1.85. The van der Waals surface area contributed by atoms with E-state index in [9.17, 15) is 0 Å². The van der Waals surface area contributed by atoms with Gasteiger partial charge in [0.15, 0.2) is 5.15 Å². The van der Waals surface area contributed by atoms with Crippen LogP contribution >= 0.6 is 23.4 Å². The minimum absolute atomic E-state index is 0.553. The Morgan fingerprint density at radius 3 is 3.07 bits per heavy atom. The van der Waals surface area contributed by atoms with E-state index in [1.807, 2.05) is 23.9 Å². The minimum atomic E-state index is 0.553. The van der Waals surface area contributed by atoms with Gasteiger partial charge in [0.25, 0.3) is 0 Å². The van der Waals surface area contributed by atoms with Crippen LogP contribution < -0.4 is 5.32 Å². The van der Waals surface area contributed by atoms with Gasteiger partial charge in [-0.05, 0) is 37.0 Å². The normalized spacial score (nSPS) is 10.1. The molecule has 1 N–H and O–H groups in total. The van der Waals surface area contributed by atoms with E-state index >= 15 is 0 Å². The number of pyridine rings is 1. The van der Waals surface area contributed by atoms with E-state index in [-0.39, 0.29) is 0 Å². The summed E-state index contributed by atoms with van der Waals surface area (Å²) in [4.78, 5) is 3.99. The zero-order valence-corrected chi connectivity index (χ0v) is 9.87. The molecule has 14 heavy (non-hydrogen) atoms. The molecule has 0 saturated heterocycles. The lowest BCUT2D eigenvalue weighted by Gasteiger charge is -2.06. The summed E-state index contributed by atoms with van der Waals surface area (Å²) in [7, 11) is 0. The van der Waals surface area contributed by atoms with Crippen molar-refractivity contribution in [1.29, 1.82) is 0 Å². The van der Waals surface area contributed by atoms with Crippen molar-refractivity contribution < 1.29 is 0 Å². The monoisotopic (exact) mass is 230 g/mol.